The van der Waals surface area contributed by atoms with Crippen LogP contribution in [0.25, 0.3) is 0 Å². The van der Waals surface area contributed by atoms with Crippen molar-refractivity contribution in [1.29, 1.82) is 0 Å². The molecular weight excluding hydrogens is 208 g/mol. The van der Waals surface area contributed by atoms with E-state index in [1.165, 1.54) is 0 Å². The zero-order valence-electron chi connectivity index (χ0n) is 11.2. The first-order chi connectivity index (χ1) is 7.18. The normalized spacial score (nSPS) is 10.4. The van der Waals surface area contributed by atoms with Gasteiger partial charge in [0, 0.05) is 0 Å². The van der Waals surface area contributed by atoms with E-state index in [2.05, 4.69) is 4.74 Å². The van der Waals surface area contributed by atoms with E-state index < -0.39 is 11.4 Å². The Bertz CT molecular complexity index is 217. The summed E-state index contributed by atoms with van der Waals surface area (Å²) in [6.45, 7) is 11.2. The third-order valence-corrected chi connectivity index (χ3v) is 2.22. The lowest BCUT2D eigenvalue weighted by atomic mass is 9.91. The Kier molecular flexibility index (Phi) is 8.81. The predicted octanol–water partition coefficient (Wildman–Crippen LogP) is 2.71. The van der Waals surface area contributed by atoms with E-state index in [1.807, 2.05) is 20.8 Å². The zero-order chi connectivity index (χ0) is 13.4. The number of carbonyl (C=O) groups excluding carboxylic acids is 1. The van der Waals surface area contributed by atoms with Crippen molar-refractivity contribution in [3.8, 4) is 0 Å². The lowest BCUT2D eigenvalue weighted by molar-refractivity contribution is -0.147. The Hall–Kier alpha value is -1.06. The van der Waals surface area contributed by atoms with E-state index in [4.69, 9.17) is 5.11 Å². The van der Waals surface area contributed by atoms with Gasteiger partial charge in [0.2, 0.25) is 0 Å². The quantitative estimate of drug-likeness (QED) is 0.757. The summed E-state index contributed by atoms with van der Waals surface area (Å²) in [5.74, 6) is -0.831. The van der Waals surface area contributed by atoms with E-state index in [0.717, 1.165) is 0 Å². The average Bonchev–Trinajstić information content (AvgIpc) is 2.18. The molecular formula is C12H24O4. The van der Waals surface area contributed by atoms with Gasteiger partial charge in [-0.1, -0.05) is 20.8 Å². The van der Waals surface area contributed by atoms with E-state index in [9.17, 15) is 9.59 Å². The van der Waals surface area contributed by atoms with Gasteiger partial charge in [0.1, 0.15) is 0 Å². The molecule has 0 aliphatic heterocycles. The minimum absolute atomic E-state index is 0.00921. The third-order valence-electron chi connectivity index (χ3n) is 2.22. The first-order valence-electron chi connectivity index (χ1n) is 5.59. The SMILES string of the molecule is CCC(C)(C)C(=O)O.CCOC(=O)C(C)C. The monoisotopic (exact) mass is 232 g/mol. The minimum Gasteiger partial charge on any atom is -0.481 e. The molecule has 0 bridgehead atoms. The van der Waals surface area contributed by atoms with Crippen molar-refractivity contribution in [3.63, 3.8) is 0 Å². The van der Waals surface area contributed by atoms with Crippen molar-refractivity contribution >= 4 is 11.9 Å². The zero-order valence-corrected chi connectivity index (χ0v) is 11.2. The minimum atomic E-state index is -0.722. The van der Waals surface area contributed by atoms with Crippen LogP contribution in [0.15, 0.2) is 0 Å². The summed E-state index contributed by atoms with van der Waals surface area (Å²) >= 11 is 0. The predicted molar refractivity (Wildman–Crippen MR) is 63.2 cm³/mol. The van der Waals surface area contributed by atoms with Crippen molar-refractivity contribution in [2.24, 2.45) is 11.3 Å². The molecule has 4 heteroatoms. The summed E-state index contributed by atoms with van der Waals surface area (Å²) in [6.07, 6.45) is 0.683. The van der Waals surface area contributed by atoms with E-state index in [-0.39, 0.29) is 11.9 Å². The first-order valence-corrected chi connectivity index (χ1v) is 5.59. The number of carboxylic acids is 1. The van der Waals surface area contributed by atoms with Crippen molar-refractivity contribution < 1.29 is 19.4 Å². The molecule has 0 spiro atoms. The van der Waals surface area contributed by atoms with Crippen LogP contribution in [0, 0.1) is 11.3 Å². The van der Waals surface area contributed by atoms with Gasteiger partial charge >= 0.3 is 11.9 Å². The summed E-state index contributed by atoms with van der Waals surface area (Å²) in [5.41, 5.74) is -0.542. The van der Waals surface area contributed by atoms with Crippen LogP contribution in [0.4, 0.5) is 0 Å². The molecule has 0 saturated carbocycles. The Morgan fingerprint density at radius 3 is 1.75 bits per heavy atom. The summed E-state index contributed by atoms with van der Waals surface area (Å²) in [4.78, 5) is 20.8. The molecule has 1 N–H and O–H groups in total. The fourth-order valence-corrected chi connectivity index (χ4v) is 0.460. The van der Waals surface area contributed by atoms with Crippen molar-refractivity contribution in [3.05, 3.63) is 0 Å². The van der Waals surface area contributed by atoms with E-state index in [1.54, 1.807) is 20.8 Å². The van der Waals surface area contributed by atoms with Crippen molar-refractivity contribution in [2.75, 3.05) is 6.61 Å². The Morgan fingerprint density at radius 2 is 1.69 bits per heavy atom. The van der Waals surface area contributed by atoms with Gasteiger partial charge in [-0.2, -0.15) is 0 Å². The number of aliphatic carboxylic acids is 1. The highest BCUT2D eigenvalue weighted by molar-refractivity contribution is 5.73. The number of carbonyl (C=O) groups is 2. The second-order valence-corrected chi connectivity index (χ2v) is 4.45. The second-order valence-electron chi connectivity index (χ2n) is 4.45. The summed E-state index contributed by atoms with van der Waals surface area (Å²) in [5, 5.41) is 8.44. The third kappa shape index (κ3) is 8.26. The molecule has 0 amide bonds. The van der Waals surface area contributed by atoms with Gasteiger partial charge in [-0.3, -0.25) is 9.59 Å². The van der Waals surface area contributed by atoms with Gasteiger partial charge in [0.25, 0.3) is 0 Å². The molecule has 0 saturated heterocycles. The Balaban J connectivity index is 0. The Labute approximate surface area is 98.0 Å². The van der Waals surface area contributed by atoms with Crippen LogP contribution in [0.3, 0.4) is 0 Å². The van der Waals surface area contributed by atoms with E-state index in [0.29, 0.717) is 13.0 Å². The van der Waals surface area contributed by atoms with Gasteiger partial charge in [0.05, 0.1) is 17.9 Å². The molecule has 0 heterocycles. The molecule has 0 aromatic carbocycles. The molecule has 0 rings (SSSR count). The fraction of sp³-hybridized carbons (Fsp3) is 0.833. The van der Waals surface area contributed by atoms with Crippen molar-refractivity contribution in [1.82, 2.24) is 0 Å². The summed E-state index contributed by atoms with van der Waals surface area (Å²) < 4.78 is 4.66. The van der Waals surface area contributed by atoms with Gasteiger partial charge in [-0.25, -0.2) is 0 Å². The van der Waals surface area contributed by atoms with E-state index >= 15 is 0 Å². The molecule has 0 fully saturated rings. The highest BCUT2D eigenvalue weighted by Gasteiger charge is 2.23. The molecule has 0 aromatic heterocycles. The topological polar surface area (TPSA) is 63.6 Å². The smallest absolute Gasteiger partial charge is 0.309 e. The van der Waals surface area contributed by atoms with Crippen LogP contribution < -0.4 is 0 Å². The number of esters is 1. The van der Waals surface area contributed by atoms with Crippen molar-refractivity contribution in [2.45, 2.75) is 48.0 Å². The molecule has 16 heavy (non-hydrogen) atoms. The molecule has 0 aliphatic rings. The van der Waals surface area contributed by atoms with Crippen LogP contribution in [-0.4, -0.2) is 23.7 Å². The summed E-state index contributed by atoms with van der Waals surface area (Å²) in [7, 11) is 0. The van der Waals surface area contributed by atoms with Gasteiger partial charge in [-0.05, 0) is 27.2 Å². The second kappa shape index (κ2) is 8.13. The number of hydrogen-bond donors (Lipinski definition) is 1. The van der Waals surface area contributed by atoms with Gasteiger partial charge in [-0.15, -0.1) is 0 Å². The van der Waals surface area contributed by atoms with Crippen LogP contribution in [-0.2, 0) is 14.3 Å². The lowest BCUT2D eigenvalue weighted by Gasteiger charge is -2.14. The molecule has 0 unspecified atom stereocenters. The van der Waals surface area contributed by atoms with Crippen LogP contribution >= 0.6 is 0 Å². The highest BCUT2D eigenvalue weighted by Crippen LogP contribution is 2.18. The molecule has 0 atom stereocenters. The maximum absolute atomic E-state index is 10.5. The van der Waals surface area contributed by atoms with Crippen LogP contribution in [0.5, 0.6) is 0 Å². The first kappa shape index (κ1) is 17.3. The van der Waals surface area contributed by atoms with Gasteiger partial charge < -0.3 is 9.84 Å². The number of rotatable bonds is 4. The molecule has 0 radical (unpaired) electrons. The lowest BCUT2D eigenvalue weighted by Crippen LogP contribution is -2.21. The number of hydrogen-bond acceptors (Lipinski definition) is 3. The van der Waals surface area contributed by atoms with Gasteiger partial charge in [0.15, 0.2) is 0 Å². The number of ether oxygens (including phenoxy) is 1. The summed E-state index contributed by atoms with van der Waals surface area (Å²) in [6, 6.07) is 0. The molecule has 0 aliphatic carbocycles. The largest absolute Gasteiger partial charge is 0.481 e. The number of carboxylic acid groups (broad SMARTS) is 1. The highest BCUT2D eigenvalue weighted by atomic mass is 16.5. The Morgan fingerprint density at radius 1 is 1.25 bits per heavy atom. The van der Waals surface area contributed by atoms with Crippen LogP contribution in [0.1, 0.15) is 48.0 Å². The molecule has 4 nitrogen and oxygen atoms in total. The molecule has 0 aromatic rings. The van der Waals surface area contributed by atoms with Crippen LogP contribution in [0.2, 0.25) is 0 Å². The molecule has 96 valence electrons. The maximum atomic E-state index is 10.5. The average molecular weight is 232 g/mol. The standard InChI is InChI=1S/2C6H12O2/c1-4-6(2,3)5(7)8;1-4-8-6(7)5(2)3/h4H2,1-3H3,(H,7,8);5H,4H2,1-3H3. The maximum Gasteiger partial charge on any atom is 0.309 e. The fourth-order valence-electron chi connectivity index (χ4n) is 0.460.